The summed E-state index contributed by atoms with van der Waals surface area (Å²) in [6, 6.07) is 0.558. The predicted octanol–water partition coefficient (Wildman–Crippen LogP) is -0.728. The van der Waals surface area contributed by atoms with E-state index in [0.29, 0.717) is 12.2 Å². The third-order valence-electron chi connectivity index (χ3n) is 2.26. The second-order valence-corrected chi connectivity index (χ2v) is 3.00. The van der Waals surface area contributed by atoms with Crippen LogP contribution in [0.3, 0.4) is 0 Å². The fourth-order valence-electron chi connectivity index (χ4n) is 1.72. The van der Waals surface area contributed by atoms with Crippen LogP contribution in [0, 0.1) is 0 Å². The van der Waals surface area contributed by atoms with Crippen LogP contribution in [0.4, 0.5) is 0 Å². The van der Waals surface area contributed by atoms with E-state index in [9.17, 15) is 0 Å². The van der Waals surface area contributed by atoms with Crippen molar-refractivity contribution in [1.29, 1.82) is 0 Å². The molecule has 1 radical (unpaired) electrons. The zero-order valence-corrected chi connectivity index (χ0v) is 6.14. The Morgan fingerprint density at radius 3 is 2.60 bits per heavy atom. The summed E-state index contributed by atoms with van der Waals surface area (Å²) < 4.78 is 0. The molecule has 0 aromatic rings. The maximum atomic E-state index is 4.49. The average Bonchev–Trinajstić information content (AvgIpc) is 2.59. The van der Waals surface area contributed by atoms with Gasteiger partial charge in [0, 0.05) is 19.6 Å². The molecule has 0 aromatic carbocycles. The lowest BCUT2D eigenvalue weighted by atomic mass is 10.2. The first-order valence-corrected chi connectivity index (χ1v) is 4.10. The van der Waals surface area contributed by atoms with Crippen molar-refractivity contribution < 1.29 is 0 Å². The summed E-state index contributed by atoms with van der Waals surface area (Å²) in [5.74, 6) is 0. The summed E-state index contributed by atoms with van der Waals surface area (Å²) in [5, 5.41) is 11.3. The number of hydrogen-bond donors (Lipinski definition) is 2. The monoisotopic (exact) mass is 140 g/mol. The SMILES string of the molecule is C1C[N]C(C2NCCN2)C1. The molecule has 1 unspecified atom stereocenters. The van der Waals surface area contributed by atoms with Crippen LogP contribution in [0.1, 0.15) is 12.8 Å². The van der Waals surface area contributed by atoms with Crippen molar-refractivity contribution in [3.05, 3.63) is 0 Å². The van der Waals surface area contributed by atoms with Crippen molar-refractivity contribution in [1.82, 2.24) is 16.0 Å². The molecule has 2 N–H and O–H groups in total. The third kappa shape index (κ3) is 1.17. The van der Waals surface area contributed by atoms with E-state index in [4.69, 9.17) is 0 Å². The van der Waals surface area contributed by atoms with E-state index in [1.54, 1.807) is 0 Å². The minimum atomic E-state index is 0.488. The molecule has 2 fully saturated rings. The lowest BCUT2D eigenvalue weighted by Crippen LogP contribution is -2.44. The molecule has 3 heteroatoms. The molecular weight excluding hydrogens is 126 g/mol. The molecule has 2 aliphatic heterocycles. The van der Waals surface area contributed by atoms with Gasteiger partial charge in [-0.3, -0.25) is 10.6 Å². The first-order valence-electron chi connectivity index (χ1n) is 4.10. The van der Waals surface area contributed by atoms with E-state index in [-0.39, 0.29) is 0 Å². The molecule has 0 amide bonds. The van der Waals surface area contributed by atoms with E-state index in [1.807, 2.05) is 0 Å². The molecule has 57 valence electrons. The standard InChI is InChI=1S/C7H14N3/c1-2-6(8-3-1)7-9-4-5-10-7/h6-7,9-10H,1-5H2. The molecule has 2 rings (SSSR count). The van der Waals surface area contributed by atoms with Gasteiger partial charge in [0.05, 0.1) is 12.2 Å². The first kappa shape index (κ1) is 6.58. The Kier molecular flexibility index (Phi) is 1.88. The van der Waals surface area contributed by atoms with Crippen molar-refractivity contribution in [3.63, 3.8) is 0 Å². The summed E-state index contributed by atoms with van der Waals surface area (Å²) in [7, 11) is 0. The predicted molar refractivity (Wildman–Crippen MR) is 39.8 cm³/mol. The van der Waals surface area contributed by atoms with Crippen molar-refractivity contribution in [3.8, 4) is 0 Å². The second-order valence-electron chi connectivity index (χ2n) is 3.00. The lowest BCUT2D eigenvalue weighted by Gasteiger charge is -2.17. The fourth-order valence-corrected chi connectivity index (χ4v) is 1.72. The van der Waals surface area contributed by atoms with Crippen LogP contribution in [0.5, 0.6) is 0 Å². The maximum Gasteiger partial charge on any atom is 0.0747 e. The highest BCUT2D eigenvalue weighted by Crippen LogP contribution is 2.10. The molecule has 0 bridgehead atoms. The van der Waals surface area contributed by atoms with Gasteiger partial charge in [0.15, 0.2) is 0 Å². The largest absolute Gasteiger partial charge is 0.299 e. The summed E-state index contributed by atoms with van der Waals surface area (Å²) in [6.45, 7) is 3.29. The minimum Gasteiger partial charge on any atom is -0.299 e. The van der Waals surface area contributed by atoms with Gasteiger partial charge in [0.25, 0.3) is 0 Å². The molecule has 2 saturated heterocycles. The molecule has 2 heterocycles. The van der Waals surface area contributed by atoms with E-state index in [0.717, 1.165) is 19.6 Å². The number of nitrogens with zero attached hydrogens (tertiary/aromatic N) is 1. The Labute approximate surface area is 61.6 Å². The molecule has 2 aliphatic rings. The molecule has 0 spiro atoms. The molecule has 0 aliphatic carbocycles. The first-order chi connectivity index (χ1) is 4.97. The number of hydrogen-bond acceptors (Lipinski definition) is 2. The molecule has 1 atom stereocenters. The van der Waals surface area contributed by atoms with Crippen LogP contribution in [-0.4, -0.2) is 31.8 Å². The summed E-state index contributed by atoms with van der Waals surface area (Å²) >= 11 is 0. The molecular formula is C7H14N3. The Morgan fingerprint density at radius 2 is 2.00 bits per heavy atom. The highest BCUT2D eigenvalue weighted by molar-refractivity contribution is 4.87. The maximum absolute atomic E-state index is 4.49. The van der Waals surface area contributed by atoms with Crippen molar-refractivity contribution in [2.75, 3.05) is 19.6 Å². The third-order valence-corrected chi connectivity index (χ3v) is 2.26. The van der Waals surface area contributed by atoms with Gasteiger partial charge in [0.1, 0.15) is 0 Å². The van der Waals surface area contributed by atoms with Crippen LogP contribution >= 0.6 is 0 Å². The van der Waals surface area contributed by atoms with Gasteiger partial charge in [0.2, 0.25) is 0 Å². The molecule has 3 nitrogen and oxygen atoms in total. The zero-order chi connectivity index (χ0) is 6.81. The Bertz CT molecular complexity index is 89.4. The molecule has 10 heavy (non-hydrogen) atoms. The molecule has 0 saturated carbocycles. The lowest BCUT2D eigenvalue weighted by molar-refractivity contribution is 0.412. The topological polar surface area (TPSA) is 38.2 Å². The smallest absolute Gasteiger partial charge is 0.0747 e. The van der Waals surface area contributed by atoms with E-state index >= 15 is 0 Å². The van der Waals surface area contributed by atoms with E-state index in [1.165, 1.54) is 12.8 Å². The van der Waals surface area contributed by atoms with Gasteiger partial charge >= 0.3 is 0 Å². The van der Waals surface area contributed by atoms with Gasteiger partial charge in [-0.25, -0.2) is 5.32 Å². The van der Waals surface area contributed by atoms with Crippen molar-refractivity contribution >= 4 is 0 Å². The summed E-state index contributed by atoms with van der Waals surface area (Å²) in [6.07, 6.45) is 3.04. The highest BCUT2D eigenvalue weighted by atomic mass is 15.2. The van der Waals surface area contributed by atoms with Crippen LogP contribution in [0.25, 0.3) is 0 Å². The fraction of sp³-hybridized carbons (Fsp3) is 1.00. The van der Waals surface area contributed by atoms with Gasteiger partial charge in [-0.1, -0.05) is 0 Å². The van der Waals surface area contributed by atoms with Gasteiger partial charge < -0.3 is 0 Å². The minimum absolute atomic E-state index is 0.488. The Morgan fingerprint density at radius 1 is 1.20 bits per heavy atom. The second kappa shape index (κ2) is 2.86. The van der Waals surface area contributed by atoms with Crippen LogP contribution in [-0.2, 0) is 0 Å². The van der Waals surface area contributed by atoms with E-state index < -0.39 is 0 Å². The normalized spacial score (nSPS) is 35.4. The van der Waals surface area contributed by atoms with Crippen LogP contribution in [0.15, 0.2) is 0 Å². The van der Waals surface area contributed by atoms with Crippen LogP contribution < -0.4 is 16.0 Å². The Hall–Kier alpha value is -0.120. The molecule has 0 aromatic heterocycles. The summed E-state index contributed by atoms with van der Waals surface area (Å²) in [5.41, 5.74) is 0. The Balaban J connectivity index is 1.85. The van der Waals surface area contributed by atoms with Crippen LogP contribution in [0.2, 0.25) is 0 Å². The number of rotatable bonds is 1. The summed E-state index contributed by atoms with van der Waals surface area (Å²) in [4.78, 5) is 0. The average molecular weight is 140 g/mol. The van der Waals surface area contributed by atoms with Gasteiger partial charge in [-0.15, -0.1) is 0 Å². The van der Waals surface area contributed by atoms with Gasteiger partial charge in [-0.2, -0.15) is 0 Å². The van der Waals surface area contributed by atoms with Gasteiger partial charge in [-0.05, 0) is 12.8 Å². The number of nitrogens with one attached hydrogen (secondary N) is 2. The van der Waals surface area contributed by atoms with E-state index in [2.05, 4.69) is 16.0 Å². The quantitative estimate of drug-likeness (QED) is 0.504. The van der Waals surface area contributed by atoms with Crippen molar-refractivity contribution in [2.45, 2.75) is 25.0 Å². The van der Waals surface area contributed by atoms with Crippen molar-refractivity contribution in [2.24, 2.45) is 0 Å². The highest BCUT2D eigenvalue weighted by Gasteiger charge is 2.26. The zero-order valence-electron chi connectivity index (χ0n) is 6.14.